The molecule has 1 heteroatoms. The minimum absolute atomic E-state index is 0.532. The van der Waals surface area contributed by atoms with Crippen LogP contribution in [-0.2, 0) is 4.74 Å². The average molecular weight is 305 g/mol. The summed E-state index contributed by atoms with van der Waals surface area (Å²) in [6.07, 6.45) is 22.1. The van der Waals surface area contributed by atoms with Gasteiger partial charge in [-0.1, -0.05) is 31.6 Å². The molecule has 0 aromatic carbocycles. The van der Waals surface area contributed by atoms with E-state index in [1.54, 1.807) is 0 Å². The molecular weight excluding hydrogens is 268 g/mol. The highest BCUT2D eigenvalue weighted by Gasteiger charge is 2.30. The van der Waals surface area contributed by atoms with E-state index in [-0.39, 0.29) is 0 Å². The fraction of sp³-hybridized carbons (Fsp3) is 0.810. The Morgan fingerprint density at radius 2 is 1.55 bits per heavy atom. The van der Waals surface area contributed by atoms with Gasteiger partial charge in [0.2, 0.25) is 0 Å². The summed E-state index contributed by atoms with van der Waals surface area (Å²) < 4.78 is 5.95. The molecule has 2 fully saturated rings. The standard InChI is InChI=1S/C21H36O/c1-3-5-7-8-18-9-11-19(12-10-18)20-13-15-21(16-14-20)22-17-6-4-2/h4,7-8,18-21H,2-3,5-6,9-17H2,1H3/t18-,19-,20-,21-. The molecule has 0 radical (unpaired) electrons. The van der Waals surface area contributed by atoms with Crippen LogP contribution in [0.3, 0.4) is 0 Å². The van der Waals surface area contributed by atoms with Gasteiger partial charge in [-0.05, 0) is 82.0 Å². The molecular formula is C21H36O. The molecule has 0 atom stereocenters. The molecule has 0 spiro atoms. The molecule has 2 rings (SSSR count). The Hall–Kier alpha value is -0.560. The van der Waals surface area contributed by atoms with Gasteiger partial charge in [0.15, 0.2) is 0 Å². The topological polar surface area (TPSA) is 9.23 Å². The minimum Gasteiger partial charge on any atom is -0.378 e. The number of rotatable bonds is 8. The number of ether oxygens (including phenoxy) is 1. The molecule has 2 aliphatic rings. The molecule has 0 bridgehead atoms. The van der Waals surface area contributed by atoms with E-state index in [1.165, 1.54) is 64.2 Å². The van der Waals surface area contributed by atoms with E-state index in [9.17, 15) is 0 Å². The summed E-state index contributed by atoms with van der Waals surface area (Å²) in [5.74, 6) is 2.87. The highest BCUT2D eigenvalue weighted by atomic mass is 16.5. The van der Waals surface area contributed by atoms with Crippen molar-refractivity contribution in [2.24, 2.45) is 17.8 Å². The highest BCUT2D eigenvalue weighted by Crippen LogP contribution is 2.40. The van der Waals surface area contributed by atoms with Crippen LogP contribution < -0.4 is 0 Å². The Morgan fingerprint density at radius 1 is 0.909 bits per heavy atom. The summed E-state index contributed by atoms with van der Waals surface area (Å²) in [4.78, 5) is 0. The molecule has 0 aliphatic heterocycles. The molecule has 22 heavy (non-hydrogen) atoms. The number of hydrogen-bond acceptors (Lipinski definition) is 1. The van der Waals surface area contributed by atoms with Crippen LogP contribution in [0.5, 0.6) is 0 Å². The first kappa shape index (κ1) is 17.8. The molecule has 126 valence electrons. The predicted molar refractivity (Wildman–Crippen MR) is 96.0 cm³/mol. The van der Waals surface area contributed by atoms with Gasteiger partial charge in [0, 0.05) is 0 Å². The van der Waals surface area contributed by atoms with Gasteiger partial charge in [0.05, 0.1) is 12.7 Å². The van der Waals surface area contributed by atoms with Crippen LogP contribution in [-0.4, -0.2) is 12.7 Å². The first-order chi connectivity index (χ1) is 10.8. The Kier molecular flexibility index (Phi) is 8.30. The molecule has 0 heterocycles. The first-order valence-corrected chi connectivity index (χ1v) is 9.72. The zero-order valence-corrected chi connectivity index (χ0v) is 14.6. The second kappa shape index (κ2) is 10.3. The lowest BCUT2D eigenvalue weighted by Crippen LogP contribution is -2.28. The molecule has 0 N–H and O–H groups in total. The van der Waals surface area contributed by atoms with Crippen LogP contribution >= 0.6 is 0 Å². The van der Waals surface area contributed by atoms with E-state index in [0.29, 0.717) is 6.10 Å². The maximum absolute atomic E-state index is 5.95. The van der Waals surface area contributed by atoms with Crippen LogP contribution in [0.25, 0.3) is 0 Å². The van der Waals surface area contributed by atoms with Crippen molar-refractivity contribution in [3.05, 3.63) is 24.8 Å². The van der Waals surface area contributed by atoms with Crippen LogP contribution in [0.4, 0.5) is 0 Å². The molecule has 0 aromatic rings. The van der Waals surface area contributed by atoms with E-state index < -0.39 is 0 Å². The third-order valence-corrected chi connectivity index (χ3v) is 5.74. The molecule has 0 unspecified atom stereocenters. The molecule has 0 aromatic heterocycles. The summed E-state index contributed by atoms with van der Waals surface area (Å²) in [5.41, 5.74) is 0. The van der Waals surface area contributed by atoms with Gasteiger partial charge >= 0.3 is 0 Å². The number of allylic oxidation sites excluding steroid dienone is 2. The molecule has 0 saturated heterocycles. The Morgan fingerprint density at radius 3 is 2.14 bits per heavy atom. The van der Waals surface area contributed by atoms with Crippen molar-refractivity contribution in [1.29, 1.82) is 0 Å². The Balaban J connectivity index is 1.63. The van der Waals surface area contributed by atoms with E-state index in [2.05, 4.69) is 25.7 Å². The van der Waals surface area contributed by atoms with Crippen molar-refractivity contribution in [2.75, 3.05) is 6.61 Å². The van der Waals surface area contributed by atoms with Gasteiger partial charge in [-0.3, -0.25) is 0 Å². The fourth-order valence-electron chi connectivity index (χ4n) is 4.31. The van der Waals surface area contributed by atoms with Crippen molar-refractivity contribution < 1.29 is 4.74 Å². The number of hydrogen-bond donors (Lipinski definition) is 0. The minimum atomic E-state index is 0.532. The number of unbranched alkanes of at least 4 members (excludes halogenated alkanes) is 1. The van der Waals surface area contributed by atoms with Crippen molar-refractivity contribution in [3.63, 3.8) is 0 Å². The van der Waals surface area contributed by atoms with Crippen molar-refractivity contribution >= 4 is 0 Å². The van der Waals surface area contributed by atoms with Gasteiger partial charge in [0.1, 0.15) is 0 Å². The zero-order chi connectivity index (χ0) is 15.6. The Labute approximate surface area is 138 Å². The summed E-state index contributed by atoms with van der Waals surface area (Å²) >= 11 is 0. The molecule has 2 aliphatic carbocycles. The highest BCUT2D eigenvalue weighted by molar-refractivity contribution is 4.92. The van der Waals surface area contributed by atoms with E-state index in [4.69, 9.17) is 4.74 Å². The zero-order valence-electron chi connectivity index (χ0n) is 14.6. The maximum atomic E-state index is 5.95. The molecule has 1 nitrogen and oxygen atoms in total. The van der Waals surface area contributed by atoms with Crippen LogP contribution in [0, 0.1) is 17.8 Å². The summed E-state index contributed by atoms with van der Waals surface area (Å²) in [6.45, 7) is 6.89. The molecule has 2 saturated carbocycles. The van der Waals surface area contributed by atoms with Gasteiger partial charge in [-0.15, -0.1) is 6.58 Å². The van der Waals surface area contributed by atoms with Crippen LogP contribution in [0.1, 0.15) is 77.6 Å². The van der Waals surface area contributed by atoms with E-state index in [1.807, 2.05) is 6.08 Å². The lowest BCUT2D eigenvalue weighted by atomic mass is 9.70. The summed E-state index contributed by atoms with van der Waals surface area (Å²) in [6, 6.07) is 0. The average Bonchev–Trinajstić information content (AvgIpc) is 2.57. The first-order valence-electron chi connectivity index (χ1n) is 9.72. The monoisotopic (exact) mass is 304 g/mol. The largest absolute Gasteiger partial charge is 0.378 e. The van der Waals surface area contributed by atoms with Gasteiger partial charge in [-0.25, -0.2) is 0 Å². The maximum Gasteiger partial charge on any atom is 0.0575 e. The third kappa shape index (κ3) is 5.91. The van der Waals surface area contributed by atoms with E-state index in [0.717, 1.165) is 30.8 Å². The van der Waals surface area contributed by atoms with Gasteiger partial charge in [0.25, 0.3) is 0 Å². The summed E-state index contributed by atoms with van der Waals surface area (Å²) in [5, 5.41) is 0. The molecule has 0 amide bonds. The lowest BCUT2D eigenvalue weighted by molar-refractivity contribution is 0.00984. The van der Waals surface area contributed by atoms with Crippen LogP contribution in [0.15, 0.2) is 24.8 Å². The second-order valence-electron chi connectivity index (χ2n) is 7.38. The normalized spacial score (nSPS) is 33.1. The van der Waals surface area contributed by atoms with Crippen molar-refractivity contribution in [2.45, 2.75) is 83.7 Å². The van der Waals surface area contributed by atoms with E-state index >= 15 is 0 Å². The smallest absolute Gasteiger partial charge is 0.0575 e. The predicted octanol–water partition coefficient (Wildman–Crippen LogP) is 6.30. The SMILES string of the molecule is C=CCCO[C@H]1CC[C@H]([C@H]2CC[C@H](C=CCCC)CC2)CC1. The Bertz CT molecular complexity index is 317. The quantitative estimate of drug-likeness (QED) is 0.377. The van der Waals surface area contributed by atoms with Gasteiger partial charge < -0.3 is 4.74 Å². The van der Waals surface area contributed by atoms with Crippen LogP contribution in [0.2, 0.25) is 0 Å². The third-order valence-electron chi connectivity index (χ3n) is 5.74. The summed E-state index contributed by atoms with van der Waals surface area (Å²) in [7, 11) is 0. The van der Waals surface area contributed by atoms with Crippen molar-refractivity contribution in [3.8, 4) is 0 Å². The van der Waals surface area contributed by atoms with Crippen molar-refractivity contribution in [1.82, 2.24) is 0 Å². The lowest BCUT2D eigenvalue weighted by Gasteiger charge is -2.37. The second-order valence-corrected chi connectivity index (χ2v) is 7.38. The van der Waals surface area contributed by atoms with Gasteiger partial charge in [-0.2, -0.15) is 0 Å². The fourth-order valence-corrected chi connectivity index (χ4v) is 4.31.